The van der Waals surface area contributed by atoms with Crippen molar-refractivity contribution in [2.24, 2.45) is 0 Å². The van der Waals surface area contributed by atoms with Gasteiger partial charge in [0, 0.05) is 12.2 Å². The van der Waals surface area contributed by atoms with Crippen molar-refractivity contribution < 1.29 is 9.26 Å². The molecule has 1 unspecified atom stereocenters. The Balaban J connectivity index is 1.94. The molecule has 1 aliphatic heterocycles. The summed E-state index contributed by atoms with van der Waals surface area (Å²) in [5.74, 6) is 1.04. The second kappa shape index (κ2) is 5.66. The van der Waals surface area contributed by atoms with Crippen LogP contribution in [0.25, 0.3) is 11.5 Å². The molecule has 1 aliphatic rings. The minimum Gasteiger partial charge on any atom is -0.367 e. The molecule has 3 rings (SSSR count). The van der Waals surface area contributed by atoms with Crippen LogP contribution in [0.2, 0.25) is 0 Å². The van der Waals surface area contributed by atoms with E-state index in [0.717, 1.165) is 37.0 Å². The van der Waals surface area contributed by atoms with Gasteiger partial charge in [0.15, 0.2) is 0 Å². The normalized spacial score (nSPS) is 21.9. The number of hydrogen-bond acceptors (Lipinski definition) is 5. The smallest absolute Gasteiger partial charge is 0.258 e. The summed E-state index contributed by atoms with van der Waals surface area (Å²) in [6, 6.07) is 9.76. The minimum absolute atomic E-state index is 0.321. The van der Waals surface area contributed by atoms with Gasteiger partial charge in [-0.15, -0.1) is 0 Å². The third-order valence-electron chi connectivity index (χ3n) is 3.89. The van der Waals surface area contributed by atoms with Crippen LogP contribution in [-0.4, -0.2) is 16.7 Å². The maximum Gasteiger partial charge on any atom is 0.258 e. The van der Waals surface area contributed by atoms with Crippen LogP contribution in [0.1, 0.15) is 37.6 Å². The molecular weight excluding hydrogens is 266 g/mol. The summed E-state index contributed by atoms with van der Waals surface area (Å²) >= 11 is 0. The van der Waals surface area contributed by atoms with Crippen LogP contribution < -0.4 is 0 Å². The number of nitriles is 1. The van der Waals surface area contributed by atoms with Gasteiger partial charge >= 0.3 is 0 Å². The van der Waals surface area contributed by atoms with Crippen molar-refractivity contribution in [1.82, 2.24) is 10.1 Å². The largest absolute Gasteiger partial charge is 0.367 e. The Hall–Kier alpha value is -2.19. The Labute approximate surface area is 123 Å². The average Bonchev–Trinajstić information content (AvgIpc) is 2.99. The monoisotopic (exact) mass is 283 g/mol. The lowest BCUT2D eigenvalue weighted by Crippen LogP contribution is -2.31. The molecule has 1 aromatic carbocycles. The molecule has 5 nitrogen and oxygen atoms in total. The van der Waals surface area contributed by atoms with Gasteiger partial charge in [-0.25, -0.2) is 0 Å². The summed E-state index contributed by atoms with van der Waals surface area (Å²) < 4.78 is 11.2. The number of rotatable bonds is 3. The zero-order valence-electron chi connectivity index (χ0n) is 12.0. The minimum atomic E-state index is -0.468. The Kier molecular flexibility index (Phi) is 3.72. The van der Waals surface area contributed by atoms with Crippen molar-refractivity contribution >= 4 is 0 Å². The lowest BCUT2D eigenvalue weighted by atomic mass is 9.95. The topological polar surface area (TPSA) is 71.9 Å². The Morgan fingerprint density at radius 3 is 2.95 bits per heavy atom. The van der Waals surface area contributed by atoms with E-state index >= 15 is 0 Å². The summed E-state index contributed by atoms with van der Waals surface area (Å²) in [7, 11) is 0. The van der Waals surface area contributed by atoms with Crippen LogP contribution in [0.3, 0.4) is 0 Å². The van der Waals surface area contributed by atoms with E-state index in [0.29, 0.717) is 18.1 Å². The molecule has 0 saturated carbocycles. The van der Waals surface area contributed by atoms with Gasteiger partial charge in [0.25, 0.3) is 5.89 Å². The van der Waals surface area contributed by atoms with Crippen molar-refractivity contribution in [2.45, 2.75) is 38.2 Å². The highest BCUT2D eigenvalue weighted by Gasteiger charge is 2.35. The first-order valence-electron chi connectivity index (χ1n) is 7.16. The van der Waals surface area contributed by atoms with Gasteiger partial charge in [-0.05, 0) is 37.8 Å². The van der Waals surface area contributed by atoms with Gasteiger partial charge in [0.1, 0.15) is 5.60 Å². The lowest BCUT2D eigenvalue weighted by Gasteiger charge is -2.30. The molecule has 5 heteroatoms. The third kappa shape index (κ3) is 2.67. The van der Waals surface area contributed by atoms with E-state index in [2.05, 4.69) is 16.2 Å². The first-order valence-corrected chi connectivity index (χ1v) is 7.16. The fourth-order valence-corrected chi connectivity index (χ4v) is 2.63. The number of benzene rings is 1. The molecule has 0 bridgehead atoms. The molecule has 1 atom stereocenters. The molecule has 0 amide bonds. The second-order valence-electron chi connectivity index (χ2n) is 5.45. The summed E-state index contributed by atoms with van der Waals surface area (Å²) in [5, 5.41) is 13.0. The molecule has 2 heterocycles. The van der Waals surface area contributed by atoms with Crippen molar-refractivity contribution in [3.05, 3.63) is 35.7 Å². The fraction of sp³-hybridized carbons (Fsp3) is 0.438. The van der Waals surface area contributed by atoms with Crippen molar-refractivity contribution in [1.29, 1.82) is 5.26 Å². The fourth-order valence-electron chi connectivity index (χ4n) is 2.63. The van der Waals surface area contributed by atoms with E-state index < -0.39 is 5.60 Å². The van der Waals surface area contributed by atoms with Gasteiger partial charge in [-0.1, -0.05) is 23.4 Å². The zero-order valence-corrected chi connectivity index (χ0v) is 12.0. The molecule has 108 valence electrons. The zero-order chi connectivity index (χ0) is 14.7. The third-order valence-corrected chi connectivity index (χ3v) is 3.89. The van der Waals surface area contributed by atoms with Crippen LogP contribution in [0.5, 0.6) is 0 Å². The van der Waals surface area contributed by atoms with Crippen LogP contribution in [0.15, 0.2) is 28.8 Å². The van der Waals surface area contributed by atoms with Crippen molar-refractivity contribution in [2.75, 3.05) is 6.61 Å². The molecule has 1 fully saturated rings. The van der Waals surface area contributed by atoms with Gasteiger partial charge in [0.2, 0.25) is 5.82 Å². The number of ether oxygens (including phenoxy) is 1. The van der Waals surface area contributed by atoms with Crippen LogP contribution in [0.4, 0.5) is 0 Å². The van der Waals surface area contributed by atoms with Gasteiger partial charge in [0.05, 0.1) is 12.5 Å². The molecule has 0 spiro atoms. The number of hydrogen-bond donors (Lipinski definition) is 0. The highest BCUT2D eigenvalue weighted by molar-refractivity contribution is 5.59. The predicted molar refractivity (Wildman–Crippen MR) is 76.2 cm³/mol. The molecule has 0 aliphatic carbocycles. The first kappa shape index (κ1) is 13.8. The van der Waals surface area contributed by atoms with Crippen LogP contribution in [0, 0.1) is 11.3 Å². The molecule has 1 saturated heterocycles. The van der Waals surface area contributed by atoms with E-state index in [1.54, 1.807) is 0 Å². The summed E-state index contributed by atoms with van der Waals surface area (Å²) in [5.41, 5.74) is 1.24. The molecule has 0 N–H and O–H groups in total. The van der Waals surface area contributed by atoms with E-state index in [1.165, 1.54) is 0 Å². The quantitative estimate of drug-likeness (QED) is 0.864. The number of aromatic nitrogens is 2. The molecule has 2 aromatic rings. The molecular formula is C16H17N3O2. The SMILES string of the molecule is CC1(c2noc(-c3ccccc3CC#N)n2)CCCCO1. The molecule has 1 aromatic heterocycles. The van der Waals surface area contributed by atoms with Crippen LogP contribution >= 0.6 is 0 Å². The second-order valence-corrected chi connectivity index (χ2v) is 5.45. The summed E-state index contributed by atoms with van der Waals surface area (Å²) in [6.07, 6.45) is 3.39. The Morgan fingerprint density at radius 2 is 2.19 bits per heavy atom. The first-order chi connectivity index (χ1) is 10.2. The van der Waals surface area contributed by atoms with Crippen LogP contribution in [-0.2, 0) is 16.8 Å². The number of nitrogens with zero attached hydrogens (tertiary/aromatic N) is 3. The van der Waals surface area contributed by atoms with E-state index in [4.69, 9.17) is 14.5 Å². The van der Waals surface area contributed by atoms with Gasteiger partial charge in [-0.2, -0.15) is 10.2 Å². The average molecular weight is 283 g/mol. The highest BCUT2D eigenvalue weighted by atomic mass is 16.5. The summed E-state index contributed by atoms with van der Waals surface area (Å²) in [4.78, 5) is 4.51. The highest BCUT2D eigenvalue weighted by Crippen LogP contribution is 2.34. The van der Waals surface area contributed by atoms with Gasteiger partial charge in [-0.3, -0.25) is 0 Å². The predicted octanol–water partition coefficient (Wildman–Crippen LogP) is 3.22. The van der Waals surface area contributed by atoms with Gasteiger partial charge < -0.3 is 9.26 Å². The maximum atomic E-state index is 8.90. The molecule has 0 radical (unpaired) electrons. The lowest BCUT2D eigenvalue weighted by molar-refractivity contribution is -0.0770. The Morgan fingerprint density at radius 1 is 1.33 bits per heavy atom. The maximum absolute atomic E-state index is 8.90. The van der Waals surface area contributed by atoms with E-state index in [-0.39, 0.29) is 0 Å². The van der Waals surface area contributed by atoms with E-state index in [9.17, 15) is 0 Å². The van der Waals surface area contributed by atoms with E-state index in [1.807, 2.05) is 31.2 Å². The Bertz CT molecular complexity index is 666. The summed E-state index contributed by atoms with van der Waals surface area (Å²) in [6.45, 7) is 2.73. The van der Waals surface area contributed by atoms with Crippen molar-refractivity contribution in [3.63, 3.8) is 0 Å². The van der Waals surface area contributed by atoms with Crippen molar-refractivity contribution in [3.8, 4) is 17.5 Å². The molecule has 21 heavy (non-hydrogen) atoms. The standard InChI is InChI=1S/C16H17N3O2/c1-16(9-4-5-11-20-16)15-18-14(21-19-15)13-7-3-2-6-12(13)8-10-17/h2-3,6-7H,4-5,8-9,11H2,1H3.